The van der Waals surface area contributed by atoms with Crippen LogP contribution in [-0.4, -0.2) is 11.2 Å². The molecular formula is C11H22O. The smallest absolute Gasteiger partial charge is 0.0568 e. The molecule has 0 heterocycles. The first-order valence-corrected chi connectivity index (χ1v) is 5.32. The van der Waals surface area contributed by atoms with Crippen molar-refractivity contribution in [3.05, 3.63) is 0 Å². The van der Waals surface area contributed by atoms with E-state index in [-0.39, 0.29) is 6.10 Å². The van der Waals surface area contributed by atoms with Crippen LogP contribution in [0.1, 0.15) is 52.9 Å². The van der Waals surface area contributed by atoms with Crippen LogP contribution in [0.3, 0.4) is 0 Å². The third kappa shape index (κ3) is 2.01. The predicted molar refractivity (Wildman–Crippen MR) is 52.0 cm³/mol. The van der Waals surface area contributed by atoms with Crippen molar-refractivity contribution >= 4 is 0 Å². The SMILES string of the molecule is CCC(CC)CC1(C(C)O)CC1. The molecule has 0 amide bonds. The fraction of sp³-hybridized carbons (Fsp3) is 1.00. The minimum absolute atomic E-state index is 0.0851. The van der Waals surface area contributed by atoms with Gasteiger partial charge < -0.3 is 5.11 Å². The Hall–Kier alpha value is -0.0400. The van der Waals surface area contributed by atoms with Crippen LogP contribution in [0.2, 0.25) is 0 Å². The molecule has 0 aromatic carbocycles. The van der Waals surface area contributed by atoms with Crippen LogP contribution in [0.5, 0.6) is 0 Å². The van der Waals surface area contributed by atoms with Crippen LogP contribution < -0.4 is 0 Å². The molecule has 0 radical (unpaired) electrons. The van der Waals surface area contributed by atoms with E-state index in [0.29, 0.717) is 5.41 Å². The van der Waals surface area contributed by atoms with E-state index < -0.39 is 0 Å². The van der Waals surface area contributed by atoms with Crippen LogP contribution in [0.4, 0.5) is 0 Å². The van der Waals surface area contributed by atoms with Gasteiger partial charge in [-0.05, 0) is 37.5 Å². The molecule has 1 saturated carbocycles. The number of aliphatic hydroxyl groups is 1. The molecule has 1 aliphatic carbocycles. The van der Waals surface area contributed by atoms with Gasteiger partial charge in [-0.1, -0.05) is 26.7 Å². The van der Waals surface area contributed by atoms with Crippen molar-refractivity contribution in [3.63, 3.8) is 0 Å². The third-order valence-corrected chi connectivity index (χ3v) is 3.63. The summed E-state index contributed by atoms with van der Waals surface area (Å²) in [4.78, 5) is 0. The molecule has 1 aliphatic rings. The fourth-order valence-electron chi connectivity index (χ4n) is 2.11. The maximum Gasteiger partial charge on any atom is 0.0568 e. The third-order valence-electron chi connectivity index (χ3n) is 3.63. The second kappa shape index (κ2) is 3.78. The quantitative estimate of drug-likeness (QED) is 0.672. The molecule has 0 aromatic rings. The van der Waals surface area contributed by atoms with Crippen LogP contribution in [0.25, 0.3) is 0 Å². The summed E-state index contributed by atoms with van der Waals surface area (Å²) in [5, 5.41) is 9.58. The van der Waals surface area contributed by atoms with Crippen molar-refractivity contribution in [2.45, 2.75) is 59.0 Å². The highest BCUT2D eigenvalue weighted by Crippen LogP contribution is 2.54. The zero-order chi connectivity index (χ0) is 9.19. The molecule has 1 unspecified atom stereocenters. The zero-order valence-corrected chi connectivity index (χ0v) is 8.64. The summed E-state index contributed by atoms with van der Waals surface area (Å²) >= 11 is 0. The lowest BCUT2D eigenvalue weighted by molar-refractivity contribution is 0.0908. The molecule has 0 aliphatic heterocycles. The summed E-state index contributed by atoms with van der Waals surface area (Å²) in [5.41, 5.74) is 0.330. The van der Waals surface area contributed by atoms with E-state index in [4.69, 9.17) is 0 Å². The molecule has 12 heavy (non-hydrogen) atoms. The van der Waals surface area contributed by atoms with Crippen molar-refractivity contribution in [1.82, 2.24) is 0 Å². The molecule has 0 bridgehead atoms. The minimum Gasteiger partial charge on any atom is -0.393 e. The van der Waals surface area contributed by atoms with Crippen molar-refractivity contribution in [3.8, 4) is 0 Å². The van der Waals surface area contributed by atoms with E-state index in [0.717, 1.165) is 5.92 Å². The van der Waals surface area contributed by atoms with Crippen molar-refractivity contribution < 1.29 is 5.11 Å². The van der Waals surface area contributed by atoms with Crippen molar-refractivity contribution in [2.75, 3.05) is 0 Å². The Morgan fingerprint density at radius 3 is 2.00 bits per heavy atom. The van der Waals surface area contributed by atoms with Crippen LogP contribution in [0, 0.1) is 11.3 Å². The van der Waals surface area contributed by atoms with E-state index >= 15 is 0 Å². The molecule has 0 saturated heterocycles. The van der Waals surface area contributed by atoms with Crippen LogP contribution in [0.15, 0.2) is 0 Å². The predicted octanol–water partition coefficient (Wildman–Crippen LogP) is 2.97. The number of rotatable bonds is 5. The second-order valence-electron chi connectivity index (χ2n) is 4.42. The molecule has 1 fully saturated rings. The highest BCUT2D eigenvalue weighted by atomic mass is 16.3. The first kappa shape index (κ1) is 10.0. The molecule has 1 rings (SSSR count). The Bertz CT molecular complexity index is 132. The molecule has 0 aromatic heterocycles. The Kier molecular flexibility index (Phi) is 3.16. The molecule has 1 nitrogen and oxygen atoms in total. The summed E-state index contributed by atoms with van der Waals surface area (Å²) in [6, 6.07) is 0. The Morgan fingerprint density at radius 2 is 1.75 bits per heavy atom. The second-order valence-corrected chi connectivity index (χ2v) is 4.42. The van der Waals surface area contributed by atoms with Crippen LogP contribution >= 0.6 is 0 Å². The summed E-state index contributed by atoms with van der Waals surface area (Å²) in [6.07, 6.45) is 6.20. The van der Waals surface area contributed by atoms with Gasteiger partial charge in [0.2, 0.25) is 0 Å². The highest BCUT2D eigenvalue weighted by molar-refractivity contribution is 4.97. The minimum atomic E-state index is -0.0851. The summed E-state index contributed by atoms with van der Waals surface area (Å²) in [5.74, 6) is 0.835. The van der Waals surface area contributed by atoms with E-state index in [1.54, 1.807) is 0 Å². The molecule has 1 heteroatoms. The van der Waals surface area contributed by atoms with Gasteiger partial charge in [-0.3, -0.25) is 0 Å². The summed E-state index contributed by atoms with van der Waals surface area (Å²) < 4.78 is 0. The molecule has 0 spiro atoms. The number of hydrogen-bond donors (Lipinski definition) is 1. The molecule has 1 N–H and O–H groups in total. The average Bonchev–Trinajstić information content (AvgIpc) is 2.81. The topological polar surface area (TPSA) is 20.2 Å². The van der Waals surface area contributed by atoms with E-state index in [2.05, 4.69) is 13.8 Å². The maximum absolute atomic E-state index is 9.58. The highest BCUT2D eigenvalue weighted by Gasteiger charge is 2.47. The Morgan fingerprint density at radius 1 is 1.25 bits per heavy atom. The van der Waals surface area contributed by atoms with Gasteiger partial charge in [0.05, 0.1) is 6.10 Å². The van der Waals surface area contributed by atoms with Gasteiger partial charge in [-0.25, -0.2) is 0 Å². The normalized spacial score (nSPS) is 22.8. The maximum atomic E-state index is 9.58. The van der Waals surface area contributed by atoms with Crippen molar-refractivity contribution in [1.29, 1.82) is 0 Å². The fourth-order valence-corrected chi connectivity index (χ4v) is 2.11. The van der Waals surface area contributed by atoms with Gasteiger partial charge in [-0.15, -0.1) is 0 Å². The summed E-state index contributed by atoms with van der Waals surface area (Å²) in [6.45, 7) is 6.47. The first-order valence-electron chi connectivity index (χ1n) is 5.32. The van der Waals surface area contributed by atoms with Crippen molar-refractivity contribution in [2.24, 2.45) is 11.3 Å². The Balaban J connectivity index is 2.38. The largest absolute Gasteiger partial charge is 0.393 e. The lowest BCUT2D eigenvalue weighted by atomic mass is 9.85. The molecule has 72 valence electrons. The van der Waals surface area contributed by atoms with Gasteiger partial charge in [0, 0.05) is 0 Å². The number of hydrogen-bond acceptors (Lipinski definition) is 1. The van der Waals surface area contributed by atoms with Gasteiger partial charge in [0.25, 0.3) is 0 Å². The summed E-state index contributed by atoms with van der Waals surface area (Å²) in [7, 11) is 0. The first-order chi connectivity index (χ1) is 5.64. The van der Waals surface area contributed by atoms with Gasteiger partial charge >= 0.3 is 0 Å². The van der Waals surface area contributed by atoms with E-state index in [1.807, 2.05) is 6.92 Å². The van der Waals surface area contributed by atoms with E-state index in [9.17, 15) is 5.11 Å². The molecule has 1 atom stereocenters. The van der Waals surface area contributed by atoms with Gasteiger partial charge in [-0.2, -0.15) is 0 Å². The zero-order valence-electron chi connectivity index (χ0n) is 8.64. The standard InChI is InChI=1S/C11H22O/c1-4-10(5-2)8-11(6-7-11)9(3)12/h9-10,12H,4-8H2,1-3H3. The average molecular weight is 170 g/mol. The lowest BCUT2D eigenvalue weighted by Crippen LogP contribution is -2.21. The molecular weight excluding hydrogens is 148 g/mol. The lowest BCUT2D eigenvalue weighted by Gasteiger charge is -2.23. The van der Waals surface area contributed by atoms with Gasteiger partial charge in [0.15, 0.2) is 0 Å². The van der Waals surface area contributed by atoms with Crippen LogP contribution in [-0.2, 0) is 0 Å². The van der Waals surface area contributed by atoms with Gasteiger partial charge in [0.1, 0.15) is 0 Å². The monoisotopic (exact) mass is 170 g/mol. The Labute approximate surface area is 76.2 Å². The van der Waals surface area contributed by atoms with E-state index in [1.165, 1.54) is 32.1 Å². The number of aliphatic hydroxyl groups excluding tert-OH is 1.